The minimum atomic E-state index is -1.07. The van der Waals surface area contributed by atoms with Crippen LogP contribution in [0.3, 0.4) is 0 Å². The van der Waals surface area contributed by atoms with Gasteiger partial charge in [0.15, 0.2) is 0 Å². The van der Waals surface area contributed by atoms with Crippen LogP contribution in [-0.2, 0) is 0 Å². The molecule has 0 aromatic carbocycles. The van der Waals surface area contributed by atoms with Crippen LogP contribution in [0.2, 0.25) is 0 Å². The molecule has 0 bridgehead atoms. The standard InChI is InChI=1S/C5H5BrN2O2/c1-3-4(6)2-7-8(3)5(9)10/h2H,1H3,(H,9,10). The molecule has 54 valence electrons. The summed E-state index contributed by atoms with van der Waals surface area (Å²) in [6, 6.07) is 0. The van der Waals surface area contributed by atoms with Crippen LogP contribution in [0.15, 0.2) is 10.7 Å². The van der Waals surface area contributed by atoms with E-state index < -0.39 is 6.09 Å². The van der Waals surface area contributed by atoms with Gasteiger partial charge in [-0.15, -0.1) is 0 Å². The minimum Gasteiger partial charge on any atom is -0.463 e. The smallest absolute Gasteiger partial charge is 0.432 e. The molecular weight excluding hydrogens is 200 g/mol. The van der Waals surface area contributed by atoms with E-state index in [0.29, 0.717) is 10.2 Å². The maximum absolute atomic E-state index is 10.3. The van der Waals surface area contributed by atoms with E-state index >= 15 is 0 Å². The van der Waals surface area contributed by atoms with E-state index in [2.05, 4.69) is 21.0 Å². The third-order valence-electron chi connectivity index (χ3n) is 1.13. The third-order valence-corrected chi connectivity index (χ3v) is 1.91. The number of hydrogen-bond donors (Lipinski definition) is 1. The maximum atomic E-state index is 10.3. The van der Waals surface area contributed by atoms with E-state index in [1.165, 1.54) is 6.20 Å². The number of rotatable bonds is 0. The molecule has 0 unspecified atom stereocenters. The zero-order valence-corrected chi connectivity index (χ0v) is 6.79. The van der Waals surface area contributed by atoms with Crippen molar-refractivity contribution in [2.24, 2.45) is 0 Å². The average molecular weight is 205 g/mol. The van der Waals surface area contributed by atoms with Gasteiger partial charge in [0, 0.05) is 0 Å². The van der Waals surface area contributed by atoms with Crippen molar-refractivity contribution in [3.63, 3.8) is 0 Å². The molecular formula is C5H5BrN2O2. The molecule has 1 N–H and O–H groups in total. The lowest BCUT2D eigenvalue weighted by molar-refractivity contribution is 0.192. The Labute approximate surface area is 65.6 Å². The van der Waals surface area contributed by atoms with Crippen molar-refractivity contribution in [3.8, 4) is 0 Å². The van der Waals surface area contributed by atoms with Gasteiger partial charge in [0.25, 0.3) is 0 Å². The number of hydrogen-bond acceptors (Lipinski definition) is 2. The van der Waals surface area contributed by atoms with E-state index in [0.717, 1.165) is 4.68 Å². The van der Waals surface area contributed by atoms with Crippen LogP contribution in [0.4, 0.5) is 4.79 Å². The van der Waals surface area contributed by atoms with Crippen molar-refractivity contribution in [1.82, 2.24) is 9.78 Å². The molecule has 0 fully saturated rings. The fourth-order valence-electron chi connectivity index (χ4n) is 0.582. The number of aromatic nitrogens is 2. The molecule has 0 aliphatic rings. The van der Waals surface area contributed by atoms with E-state index in [-0.39, 0.29) is 0 Å². The molecule has 5 heteroatoms. The van der Waals surface area contributed by atoms with Crippen molar-refractivity contribution < 1.29 is 9.90 Å². The lowest BCUT2D eigenvalue weighted by Gasteiger charge is -1.93. The highest BCUT2D eigenvalue weighted by Crippen LogP contribution is 2.13. The van der Waals surface area contributed by atoms with Gasteiger partial charge in [-0.25, -0.2) is 4.79 Å². The molecule has 1 heterocycles. The van der Waals surface area contributed by atoms with Crippen LogP contribution in [-0.4, -0.2) is 21.0 Å². The van der Waals surface area contributed by atoms with Crippen molar-refractivity contribution in [1.29, 1.82) is 0 Å². The second kappa shape index (κ2) is 2.42. The molecule has 0 saturated heterocycles. The normalized spacial score (nSPS) is 9.80. The lowest BCUT2D eigenvalue weighted by atomic mass is 10.5. The Morgan fingerprint density at radius 3 is 2.70 bits per heavy atom. The molecule has 0 atom stereocenters. The summed E-state index contributed by atoms with van der Waals surface area (Å²) in [6.07, 6.45) is 0.381. The fourth-order valence-corrected chi connectivity index (χ4v) is 0.842. The van der Waals surface area contributed by atoms with Crippen molar-refractivity contribution in [3.05, 3.63) is 16.4 Å². The highest BCUT2D eigenvalue weighted by molar-refractivity contribution is 9.10. The Morgan fingerprint density at radius 1 is 1.90 bits per heavy atom. The fraction of sp³-hybridized carbons (Fsp3) is 0.200. The van der Waals surface area contributed by atoms with Gasteiger partial charge < -0.3 is 5.11 Å². The number of halogens is 1. The predicted molar refractivity (Wildman–Crippen MR) is 38.1 cm³/mol. The van der Waals surface area contributed by atoms with E-state index in [1.54, 1.807) is 6.92 Å². The Bertz CT molecular complexity index is 269. The van der Waals surface area contributed by atoms with Crippen LogP contribution in [0.5, 0.6) is 0 Å². The van der Waals surface area contributed by atoms with Crippen molar-refractivity contribution in [2.45, 2.75) is 6.92 Å². The van der Waals surface area contributed by atoms with Crippen molar-refractivity contribution >= 4 is 22.0 Å². The summed E-state index contributed by atoms with van der Waals surface area (Å²) >= 11 is 3.14. The molecule has 1 aromatic heterocycles. The van der Waals surface area contributed by atoms with Gasteiger partial charge in [0.05, 0.1) is 16.4 Å². The third kappa shape index (κ3) is 1.04. The van der Waals surface area contributed by atoms with Gasteiger partial charge in [0.1, 0.15) is 0 Å². The molecule has 0 radical (unpaired) electrons. The summed E-state index contributed by atoms with van der Waals surface area (Å²) in [6.45, 7) is 1.67. The Hall–Kier alpha value is -0.840. The van der Waals surface area contributed by atoms with E-state index in [4.69, 9.17) is 5.11 Å². The van der Waals surface area contributed by atoms with Crippen molar-refractivity contribution in [2.75, 3.05) is 0 Å². The quantitative estimate of drug-likeness (QED) is 0.697. The minimum absolute atomic E-state index is 0.590. The van der Waals surface area contributed by atoms with Crippen LogP contribution >= 0.6 is 15.9 Å². The highest BCUT2D eigenvalue weighted by atomic mass is 79.9. The molecule has 10 heavy (non-hydrogen) atoms. The molecule has 0 saturated carbocycles. The first-order valence-corrected chi connectivity index (χ1v) is 3.35. The number of carboxylic acid groups (broad SMARTS) is 1. The average Bonchev–Trinajstić information content (AvgIpc) is 2.14. The Balaban J connectivity index is 3.17. The second-order valence-corrected chi connectivity index (χ2v) is 2.63. The first-order valence-electron chi connectivity index (χ1n) is 2.56. The van der Waals surface area contributed by atoms with E-state index in [9.17, 15) is 4.79 Å². The summed E-state index contributed by atoms with van der Waals surface area (Å²) in [5.74, 6) is 0. The SMILES string of the molecule is Cc1c(Br)cnn1C(=O)O. The summed E-state index contributed by atoms with van der Waals surface area (Å²) in [4.78, 5) is 10.3. The molecule has 0 aliphatic carbocycles. The molecule has 0 aliphatic heterocycles. The zero-order chi connectivity index (χ0) is 7.72. The Morgan fingerprint density at radius 2 is 2.50 bits per heavy atom. The van der Waals surface area contributed by atoms with Gasteiger partial charge in [-0.1, -0.05) is 0 Å². The van der Waals surface area contributed by atoms with Gasteiger partial charge in [0.2, 0.25) is 0 Å². The first kappa shape index (κ1) is 7.27. The predicted octanol–water partition coefficient (Wildman–Crippen LogP) is 1.48. The van der Waals surface area contributed by atoms with Gasteiger partial charge in [-0.05, 0) is 22.9 Å². The van der Waals surface area contributed by atoms with Gasteiger partial charge in [-0.3, -0.25) is 0 Å². The van der Waals surface area contributed by atoms with Gasteiger partial charge in [-0.2, -0.15) is 9.78 Å². The number of carbonyl (C=O) groups is 1. The summed E-state index contributed by atoms with van der Waals surface area (Å²) in [5.41, 5.74) is 0.590. The van der Waals surface area contributed by atoms with Crippen LogP contribution in [0.25, 0.3) is 0 Å². The second-order valence-electron chi connectivity index (χ2n) is 1.77. The van der Waals surface area contributed by atoms with Crippen LogP contribution < -0.4 is 0 Å². The molecule has 1 rings (SSSR count). The zero-order valence-electron chi connectivity index (χ0n) is 5.21. The van der Waals surface area contributed by atoms with Crippen LogP contribution in [0, 0.1) is 6.92 Å². The largest absolute Gasteiger partial charge is 0.463 e. The monoisotopic (exact) mass is 204 g/mol. The molecule has 0 amide bonds. The highest BCUT2D eigenvalue weighted by Gasteiger charge is 2.07. The first-order chi connectivity index (χ1) is 4.63. The van der Waals surface area contributed by atoms with Crippen LogP contribution in [0.1, 0.15) is 5.69 Å². The topological polar surface area (TPSA) is 55.1 Å². The number of nitrogens with zero attached hydrogens (tertiary/aromatic N) is 2. The summed E-state index contributed by atoms with van der Waals surface area (Å²) < 4.78 is 1.61. The summed E-state index contributed by atoms with van der Waals surface area (Å²) in [7, 11) is 0. The maximum Gasteiger partial charge on any atom is 0.432 e. The summed E-state index contributed by atoms with van der Waals surface area (Å²) in [5, 5.41) is 12.0. The molecule has 1 aromatic rings. The van der Waals surface area contributed by atoms with E-state index in [1.807, 2.05) is 0 Å². The van der Waals surface area contributed by atoms with Gasteiger partial charge >= 0.3 is 6.09 Å². The Kier molecular flexibility index (Phi) is 1.76. The molecule has 0 spiro atoms. The molecule has 4 nitrogen and oxygen atoms in total. The lowest BCUT2D eigenvalue weighted by Crippen LogP contribution is -2.10.